The lowest BCUT2D eigenvalue weighted by Gasteiger charge is -2.23. The minimum Gasteiger partial charge on any atom is -0.447 e. The van der Waals surface area contributed by atoms with Crippen molar-refractivity contribution in [3.63, 3.8) is 0 Å². The summed E-state index contributed by atoms with van der Waals surface area (Å²) in [7, 11) is 0. The van der Waals surface area contributed by atoms with E-state index in [0.29, 0.717) is 36.3 Å². The number of nitrogens with one attached hydrogen (secondary N) is 1. The lowest BCUT2D eigenvalue weighted by atomic mass is 9.99. The third-order valence-electron chi connectivity index (χ3n) is 5.49. The Morgan fingerprint density at radius 3 is 2.50 bits per heavy atom. The molecule has 1 fully saturated rings. The Labute approximate surface area is 175 Å². The maximum absolute atomic E-state index is 13.0. The Morgan fingerprint density at radius 2 is 1.87 bits per heavy atom. The van der Waals surface area contributed by atoms with Gasteiger partial charge in [-0.3, -0.25) is 14.4 Å². The first-order valence-corrected chi connectivity index (χ1v) is 10.1. The van der Waals surface area contributed by atoms with E-state index in [1.165, 1.54) is 0 Å². The second-order valence-electron chi connectivity index (χ2n) is 7.48. The van der Waals surface area contributed by atoms with Crippen LogP contribution in [0.3, 0.4) is 0 Å². The second kappa shape index (κ2) is 9.40. The zero-order chi connectivity index (χ0) is 21.7. The standard InChI is InChI=1S/C23H25N3O4/c1-15-18(16(2)25-22(28)19(15)14-24)10-11-20(27)30-21(17-8-4-3-5-9-17)23(29)26-12-6-7-13-26/h3-5,8-9,21H,6-7,10-13H2,1-2H3,(H,25,28)/t21-/m0/s1. The van der Waals surface area contributed by atoms with E-state index < -0.39 is 17.6 Å². The Bertz CT molecular complexity index is 1030. The molecule has 156 valence electrons. The van der Waals surface area contributed by atoms with E-state index in [1.807, 2.05) is 24.3 Å². The molecule has 1 aromatic heterocycles. The van der Waals surface area contributed by atoms with Crippen LogP contribution in [-0.2, 0) is 20.7 Å². The molecule has 1 saturated heterocycles. The third-order valence-corrected chi connectivity index (χ3v) is 5.49. The number of aryl methyl sites for hydroxylation is 1. The van der Waals surface area contributed by atoms with Crippen LogP contribution < -0.4 is 5.56 Å². The van der Waals surface area contributed by atoms with Crippen molar-refractivity contribution in [1.82, 2.24) is 9.88 Å². The van der Waals surface area contributed by atoms with Gasteiger partial charge in [-0.2, -0.15) is 5.26 Å². The van der Waals surface area contributed by atoms with E-state index in [4.69, 9.17) is 4.74 Å². The number of H-pyrrole nitrogens is 1. The number of aromatic amines is 1. The number of benzene rings is 1. The summed E-state index contributed by atoms with van der Waals surface area (Å²) < 4.78 is 5.63. The number of ether oxygens (including phenoxy) is 1. The van der Waals surface area contributed by atoms with E-state index in [0.717, 1.165) is 18.4 Å². The molecule has 3 rings (SSSR count). The van der Waals surface area contributed by atoms with E-state index in [2.05, 4.69) is 4.98 Å². The predicted octanol–water partition coefficient (Wildman–Crippen LogP) is 2.70. The first-order valence-electron chi connectivity index (χ1n) is 10.1. The number of likely N-dealkylation sites (tertiary alicyclic amines) is 1. The smallest absolute Gasteiger partial charge is 0.307 e. The highest BCUT2D eigenvalue weighted by Crippen LogP contribution is 2.24. The molecule has 7 heteroatoms. The van der Waals surface area contributed by atoms with Gasteiger partial charge in [-0.1, -0.05) is 30.3 Å². The minimum atomic E-state index is -0.968. The van der Waals surface area contributed by atoms with Gasteiger partial charge in [0, 0.05) is 30.8 Å². The lowest BCUT2D eigenvalue weighted by Crippen LogP contribution is -2.35. The number of esters is 1. The van der Waals surface area contributed by atoms with Crippen molar-refractivity contribution in [2.45, 2.75) is 45.6 Å². The van der Waals surface area contributed by atoms with Crippen LogP contribution in [0.15, 0.2) is 35.1 Å². The van der Waals surface area contributed by atoms with Crippen molar-refractivity contribution in [2.24, 2.45) is 0 Å². The normalized spacial score (nSPS) is 14.2. The number of amides is 1. The summed E-state index contributed by atoms with van der Waals surface area (Å²) >= 11 is 0. The van der Waals surface area contributed by atoms with Crippen LogP contribution in [0.4, 0.5) is 0 Å². The molecular formula is C23H25N3O4. The molecule has 1 amide bonds. The molecule has 2 aromatic rings. The number of pyridine rings is 1. The molecule has 0 spiro atoms. The molecule has 2 heterocycles. The molecule has 0 radical (unpaired) electrons. The van der Waals surface area contributed by atoms with Gasteiger partial charge in [0.15, 0.2) is 0 Å². The zero-order valence-corrected chi connectivity index (χ0v) is 17.2. The molecule has 7 nitrogen and oxygen atoms in total. The van der Waals surface area contributed by atoms with Crippen molar-refractivity contribution >= 4 is 11.9 Å². The van der Waals surface area contributed by atoms with Crippen LogP contribution in [0, 0.1) is 25.2 Å². The van der Waals surface area contributed by atoms with Gasteiger partial charge in [0.1, 0.15) is 11.6 Å². The van der Waals surface area contributed by atoms with E-state index in [9.17, 15) is 19.6 Å². The van der Waals surface area contributed by atoms with Crippen molar-refractivity contribution < 1.29 is 14.3 Å². The number of carbonyl (C=O) groups excluding carboxylic acids is 2. The number of rotatable bonds is 6. The average Bonchev–Trinajstić information content (AvgIpc) is 3.27. The Morgan fingerprint density at radius 1 is 1.20 bits per heavy atom. The SMILES string of the molecule is Cc1[nH]c(=O)c(C#N)c(C)c1CCC(=O)O[C@H](C(=O)N1CCCC1)c1ccccc1. The van der Waals surface area contributed by atoms with E-state index >= 15 is 0 Å². The molecule has 30 heavy (non-hydrogen) atoms. The molecule has 0 saturated carbocycles. The van der Waals surface area contributed by atoms with Crippen molar-refractivity contribution in [3.8, 4) is 6.07 Å². The fraction of sp³-hybridized carbons (Fsp3) is 0.391. The van der Waals surface area contributed by atoms with Crippen LogP contribution >= 0.6 is 0 Å². The maximum Gasteiger partial charge on any atom is 0.307 e. The zero-order valence-electron chi connectivity index (χ0n) is 17.2. The number of nitrogens with zero attached hydrogens (tertiary/aromatic N) is 2. The summed E-state index contributed by atoms with van der Waals surface area (Å²) in [5.74, 6) is -0.699. The number of aromatic nitrogens is 1. The van der Waals surface area contributed by atoms with Gasteiger partial charge in [-0.25, -0.2) is 0 Å². The summed E-state index contributed by atoms with van der Waals surface area (Å²) in [6.45, 7) is 4.78. The van der Waals surface area contributed by atoms with Crippen LogP contribution in [-0.4, -0.2) is 34.8 Å². The summed E-state index contributed by atoms with van der Waals surface area (Å²) in [6, 6.07) is 10.9. The Balaban J connectivity index is 1.75. The highest BCUT2D eigenvalue weighted by molar-refractivity contribution is 5.85. The minimum absolute atomic E-state index is 0.0369. The molecular weight excluding hydrogens is 382 g/mol. The van der Waals surface area contributed by atoms with Crippen LogP contribution in [0.2, 0.25) is 0 Å². The van der Waals surface area contributed by atoms with Gasteiger partial charge < -0.3 is 14.6 Å². The van der Waals surface area contributed by atoms with Crippen LogP contribution in [0.25, 0.3) is 0 Å². The average molecular weight is 407 g/mol. The van der Waals surface area contributed by atoms with Gasteiger partial charge in [-0.15, -0.1) is 0 Å². The molecule has 0 aliphatic carbocycles. The van der Waals surface area contributed by atoms with Crippen LogP contribution in [0.5, 0.6) is 0 Å². The number of nitriles is 1. The number of hydrogen-bond acceptors (Lipinski definition) is 5. The van der Waals surface area contributed by atoms with E-state index in [-0.39, 0.29) is 17.9 Å². The van der Waals surface area contributed by atoms with Gasteiger partial charge in [0.05, 0.1) is 0 Å². The quantitative estimate of drug-likeness (QED) is 0.742. The number of carbonyl (C=O) groups is 2. The molecule has 0 bridgehead atoms. The topological polar surface area (TPSA) is 103 Å². The van der Waals surface area contributed by atoms with Gasteiger partial charge in [-0.05, 0) is 44.2 Å². The predicted molar refractivity (Wildman–Crippen MR) is 111 cm³/mol. The first-order chi connectivity index (χ1) is 14.4. The highest BCUT2D eigenvalue weighted by Gasteiger charge is 2.30. The fourth-order valence-electron chi connectivity index (χ4n) is 3.83. The summed E-state index contributed by atoms with van der Waals surface area (Å²) in [6.07, 6.45) is 1.28. The Kier molecular flexibility index (Phi) is 6.68. The monoisotopic (exact) mass is 407 g/mol. The maximum atomic E-state index is 13.0. The summed E-state index contributed by atoms with van der Waals surface area (Å²) in [4.78, 5) is 41.9. The molecule has 1 aromatic carbocycles. The molecule has 1 atom stereocenters. The summed E-state index contributed by atoms with van der Waals surface area (Å²) in [5.41, 5.74) is 2.20. The number of hydrogen-bond donors (Lipinski definition) is 1. The van der Waals surface area contributed by atoms with Crippen LogP contribution in [0.1, 0.15) is 53.3 Å². The van der Waals surface area contributed by atoms with E-state index in [1.54, 1.807) is 30.9 Å². The molecule has 1 aliphatic heterocycles. The van der Waals surface area contributed by atoms with Crippen molar-refractivity contribution in [1.29, 1.82) is 5.26 Å². The fourth-order valence-corrected chi connectivity index (χ4v) is 3.83. The van der Waals surface area contributed by atoms with Gasteiger partial charge in [0.2, 0.25) is 6.10 Å². The molecule has 1 N–H and O–H groups in total. The van der Waals surface area contributed by atoms with Gasteiger partial charge in [0.25, 0.3) is 11.5 Å². The highest BCUT2D eigenvalue weighted by atomic mass is 16.5. The van der Waals surface area contributed by atoms with Gasteiger partial charge >= 0.3 is 5.97 Å². The lowest BCUT2D eigenvalue weighted by molar-refractivity contribution is -0.160. The Hall–Kier alpha value is -3.40. The van der Waals surface area contributed by atoms with Crippen molar-refractivity contribution in [2.75, 3.05) is 13.1 Å². The third kappa shape index (κ3) is 4.60. The van der Waals surface area contributed by atoms with Crippen molar-refractivity contribution in [3.05, 3.63) is 68.6 Å². The first kappa shape index (κ1) is 21.3. The molecule has 1 aliphatic rings. The summed E-state index contributed by atoms with van der Waals surface area (Å²) in [5, 5.41) is 9.20. The largest absolute Gasteiger partial charge is 0.447 e. The molecule has 0 unspecified atom stereocenters. The second-order valence-corrected chi connectivity index (χ2v) is 7.48.